The molecule has 1 heterocycles. The molecule has 3 rings (SSSR count). The Morgan fingerprint density at radius 1 is 1.06 bits per heavy atom. The van der Waals surface area contributed by atoms with Gasteiger partial charge in [0.15, 0.2) is 12.4 Å². The molecule has 1 N–H and O–H groups in total. The van der Waals surface area contributed by atoms with E-state index < -0.39 is 30.3 Å². The van der Waals surface area contributed by atoms with E-state index in [2.05, 4.69) is 5.43 Å². The van der Waals surface area contributed by atoms with Gasteiger partial charge in [0, 0.05) is 17.5 Å². The van der Waals surface area contributed by atoms with Crippen molar-refractivity contribution in [3.63, 3.8) is 0 Å². The van der Waals surface area contributed by atoms with Crippen LogP contribution in [0.3, 0.4) is 0 Å². The zero-order valence-electron chi connectivity index (χ0n) is 16.4. The van der Waals surface area contributed by atoms with E-state index in [-0.39, 0.29) is 29.3 Å². The van der Waals surface area contributed by atoms with E-state index in [1.807, 2.05) is 0 Å². The SMILES string of the molecule is COc1ccc(C(=O)COC(=O)C2CC(=O)N(NC(=O)c3ccc(Cl)c(Cl)c3)C2)cc1. The number of ketones is 1. The van der Waals surface area contributed by atoms with Crippen LogP contribution in [0.2, 0.25) is 10.0 Å². The van der Waals surface area contributed by atoms with Gasteiger partial charge in [0.2, 0.25) is 5.91 Å². The molecule has 0 saturated carbocycles. The smallest absolute Gasteiger partial charge is 0.311 e. The lowest BCUT2D eigenvalue weighted by molar-refractivity contribution is -0.147. The number of amides is 2. The van der Waals surface area contributed by atoms with E-state index in [1.165, 1.54) is 25.3 Å². The zero-order valence-corrected chi connectivity index (χ0v) is 17.9. The number of nitrogens with zero attached hydrogens (tertiary/aromatic N) is 1. The summed E-state index contributed by atoms with van der Waals surface area (Å²) in [4.78, 5) is 49.0. The number of ether oxygens (including phenoxy) is 2. The van der Waals surface area contributed by atoms with Crippen LogP contribution < -0.4 is 10.2 Å². The highest BCUT2D eigenvalue weighted by molar-refractivity contribution is 6.42. The second kappa shape index (κ2) is 9.80. The van der Waals surface area contributed by atoms with Crippen LogP contribution in [0.5, 0.6) is 5.75 Å². The summed E-state index contributed by atoms with van der Waals surface area (Å²) in [6.45, 7) is -0.521. The van der Waals surface area contributed by atoms with Gasteiger partial charge in [-0.1, -0.05) is 23.2 Å². The number of carbonyl (C=O) groups excluding carboxylic acids is 4. The Hall–Kier alpha value is -3.10. The summed E-state index contributed by atoms with van der Waals surface area (Å²) in [5.74, 6) is -2.30. The molecular weight excluding hydrogens is 447 g/mol. The minimum absolute atomic E-state index is 0.0680. The van der Waals surface area contributed by atoms with Gasteiger partial charge >= 0.3 is 5.97 Å². The van der Waals surface area contributed by atoms with Gasteiger partial charge in [0.05, 0.1) is 29.6 Å². The fourth-order valence-corrected chi connectivity index (χ4v) is 3.21. The lowest BCUT2D eigenvalue weighted by Gasteiger charge is -2.17. The number of halogens is 2. The third-order valence-corrected chi connectivity index (χ3v) is 5.37. The highest BCUT2D eigenvalue weighted by atomic mass is 35.5. The number of hydrogen-bond donors (Lipinski definition) is 1. The van der Waals surface area contributed by atoms with Crippen LogP contribution in [0.15, 0.2) is 42.5 Å². The van der Waals surface area contributed by atoms with Crippen LogP contribution in [0.1, 0.15) is 27.1 Å². The first-order valence-electron chi connectivity index (χ1n) is 9.18. The van der Waals surface area contributed by atoms with Crippen LogP contribution in [-0.2, 0) is 14.3 Å². The summed E-state index contributed by atoms with van der Waals surface area (Å²) >= 11 is 11.7. The summed E-state index contributed by atoms with van der Waals surface area (Å²) in [5, 5.41) is 1.54. The number of carbonyl (C=O) groups is 4. The standard InChI is InChI=1S/C21H18Cl2N2O6/c1-30-15-5-2-12(3-6-15)18(26)11-31-21(29)14-9-19(27)25(10-14)24-20(28)13-4-7-16(22)17(23)8-13/h2-8,14H,9-11H2,1H3,(H,24,28). The van der Waals surface area contributed by atoms with Crippen molar-refractivity contribution in [2.75, 3.05) is 20.3 Å². The van der Waals surface area contributed by atoms with E-state index in [4.69, 9.17) is 32.7 Å². The molecule has 0 aromatic heterocycles. The minimum atomic E-state index is -0.801. The summed E-state index contributed by atoms with van der Waals surface area (Å²) in [6, 6.07) is 10.7. The molecule has 2 amide bonds. The average molecular weight is 465 g/mol. The maximum Gasteiger partial charge on any atom is 0.311 e. The Morgan fingerprint density at radius 3 is 2.39 bits per heavy atom. The molecule has 1 aliphatic rings. The number of esters is 1. The maximum absolute atomic E-state index is 12.3. The molecule has 1 fully saturated rings. The van der Waals surface area contributed by atoms with Crippen molar-refractivity contribution in [1.82, 2.24) is 10.4 Å². The molecule has 8 nitrogen and oxygen atoms in total. The number of hydrogen-bond acceptors (Lipinski definition) is 6. The van der Waals surface area contributed by atoms with Gasteiger partial charge in [-0.3, -0.25) is 29.6 Å². The third-order valence-electron chi connectivity index (χ3n) is 4.63. The zero-order chi connectivity index (χ0) is 22.5. The number of methoxy groups -OCH3 is 1. The summed E-state index contributed by atoms with van der Waals surface area (Å²) in [5.41, 5.74) is 3.01. The number of benzene rings is 2. The first-order valence-corrected chi connectivity index (χ1v) is 9.94. The Balaban J connectivity index is 1.52. The molecule has 1 aliphatic heterocycles. The van der Waals surface area contributed by atoms with Gasteiger partial charge < -0.3 is 9.47 Å². The summed E-state index contributed by atoms with van der Waals surface area (Å²) in [7, 11) is 1.51. The Morgan fingerprint density at radius 2 is 1.74 bits per heavy atom. The van der Waals surface area contributed by atoms with E-state index in [9.17, 15) is 19.2 Å². The first kappa shape index (κ1) is 22.6. The Kier molecular flexibility index (Phi) is 7.14. The highest BCUT2D eigenvalue weighted by Crippen LogP contribution is 2.23. The van der Waals surface area contributed by atoms with Crippen molar-refractivity contribution in [2.24, 2.45) is 5.92 Å². The normalized spacial score (nSPS) is 15.5. The van der Waals surface area contributed by atoms with Gasteiger partial charge in [-0.15, -0.1) is 0 Å². The van der Waals surface area contributed by atoms with Gasteiger partial charge in [-0.2, -0.15) is 0 Å². The monoisotopic (exact) mass is 464 g/mol. The summed E-state index contributed by atoms with van der Waals surface area (Å²) < 4.78 is 10.1. The van der Waals surface area contributed by atoms with E-state index in [0.29, 0.717) is 16.3 Å². The fraction of sp³-hybridized carbons (Fsp3) is 0.238. The number of Topliss-reactive ketones (excluding diaryl/α,β-unsaturated/α-hetero) is 1. The van der Waals surface area contributed by atoms with Crippen LogP contribution in [0.25, 0.3) is 0 Å². The fourth-order valence-electron chi connectivity index (χ4n) is 2.91. The predicted molar refractivity (Wildman–Crippen MR) is 112 cm³/mol. The second-order valence-corrected chi connectivity index (χ2v) is 7.55. The maximum atomic E-state index is 12.3. The molecule has 0 aliphatic carbocycles. The van der Waals surface area contributed by atoms with E-state index in [0.717, 1.165) is 5.01 Å². The number of hydrazine groups is 1. The van der Waals surface area contributed by atoms with Crippen LogP contribution in [-0.4, -0.2) is 48.8 Å². The third kappa shape index (κ3) is 5.53. The van der Waals surface area contributed by atoms with Crippen molar-refractivity contribution in [3.8, 4) is 5.75 Å². The first-order chi connectivity index (χ1) is 14.8. The van der Waals surface area contributed by atoms with Gasteiger partial charge in [0.25, 0.3) is 5.91 Å². The number of rotatable bonds is 7. The molecule has 10 heteroatoms. The van der Waals surface area contributed by atoms with Crippen molar-refractivity contribution >= 4 is 46.8 Å². The van der Waals surface area contributed by atoms with E-state index in [1.54, 1.807) is 24.3 Å². The largest absolute Gasteiger partial charge is 0.497 e. The molecule has 162 valence electrons. The molecule has 0 bridgehead atoms. The van der Waals surface area contributed by atoms with Gasteiger partial charge in [-0.25, -0.2) is 0 Å². The minimum Gasteiger partial charge on any atom is -0.497 e. The molecular formula is C21H18Cl2N2O6. The van der Waals surface area contributed by atoms with Crippen LogP contribution >= 0.6 is 23.2 Å². The Labute approximate surface area is 188 Å². The quantitative estimate of drug-likeness (QED) is 0.499. The van der Waals surface area contributed by atoms with Crippen molar-refractivity contribution in [3.05, 3.63) is 63.6 Å². The molecule has 0 radical (unpaired) electrons. The molecule has 31 heavy (non-hydrogen) atoms. The number of nitrogens with one attached hydrogen (secondary N) is 1. The van der Waals surface area contributed by atoms with Gasteiger partial charge in [0.1, 0.15) is 5.75 Å². The van der Waals surface area contributed by atoms with Crippen LogP contribution in [0.4, 0.5) is 0 Å². The second-order valence-electron chi connectivity index (χ2n) is 6.73. The molecule has 2 aromatic carbocycles. The topological polar surface area (TPSA) is 102 Å². The Bertz CT molecular complexity index is 1030. The van der Waals surface area contributed by atoms with E-state index >= 15 is 0 Å². The highest BCUT2D eigenvalue weighted by Gasteiger charge is 2.36. The molecule has 1 unspecified atom stereocenters. The summed E-state index contributed by atoms with van der Waals surface area (Å²) in [6.07, 6.45) is -0.142. The lowest BCUT2D eigenvalue weighted by Crippen LogP contribution is -2.43. The molecule has 1 saturated heterocycles. The van der Waals surface area contributed by atoms with Crippen molar-refractivity contribution < 1.29 is 28.7 Å². The van der Waals surface area contributed by atoms with Crippen molar-refractivity contribution in [1.29, 1.82) is 0 Å². The average Bonchev–Trinajstić information content (AvgIpc) is 3.13. The van der Waals surface area contributed by atoms with Crippen molar-refractivity contribution in [2.45, 2.75) is 6.42 Å². The van der Waals surface area contributed by atoms with Crippen LogP contribution in [0, 0.1) is 5.92 Å². The molecule has 2 aromatic rings. The molecule has 0 spiro atoms. The predicted octanol–water partition coefficient (Wildman–Crippen LogP) is 2.92. The molecule has 1 atom stereocenters. The van der Waals surface area contributed by atoms with Gasteiger partial charge in [-0.05, 0) is 42.5 Å². The lowest BCUT2D eigenvalue weighted by atomic mass is 10.1.